The Labute approximate surface area is 300 Å². The molecule has 0 aromatic rings. The van der Waals surface area contributed by atoms with Gasteiger partial charge in [0.2, 0.25) is 0 Å². The Morgan fingerprint density at radius 2 is 0.787 bits per heavy atom. The van der Waals surface area contributed by atoms with Gasteiger partial charge in [0.05, 0.1) is 0 Å². The van der Waals surface area contributed by atoms with Gasteiger partial charge in [-0.3, -0.25) is 0 Å². The lowest BCUT2D eigenvalue weighted by Gasteiger charge is -2.45. The van der Waals surface area contributed by atoms with Gasteiger partial charge in [0.25, 0.3) is 0 Å². The second-order valence-corrected chi connectivity index (χ2v) is 20.7. The molecule has 5 rings (SSSR count). The van der Waals surface area contributed by atoms with Crippen molar-refractivity contribution in [3.8, 4) is 0 Å². The highest BCUT2D eigenvalue weighted by molar-refractivity contribution is 4.89. The summed E-state index contributed by atoms with van der Waals surface area (Å²) in [6.07, 6.45) is 31.2. The standard InChI is InChI=1S/C17H32.C15H28.C12H24.C3H8/c1-12-5-7-16(9-14(12)3)11-17-8-6-13(2)15(4)10-17;1-12-3-7-14(8-4-12)11-15-9-5-13(2)6-10-15;1-6-12(5)8-10(2)7-11(3,4)9-12;1-3-2/h12-17H,5-11H2,1-4H3;12-15H,3-11H2,1-2H3;10H,6-9H2,1-5H3;3H2,1-2H3. The zero-order chi connectivity index (χ0) is 35.2. The Kier molecular flexibility index (Phi) is 19.6. The van der Waals surface area contributed by atoms with Gasteiger partial charge in [-0.2, -0.15) is 0 Å². The van der Waals surface area contributed by atoms with E-state index in [4.69, 9.17) is 0 Å². The van der Waals surface area contributed by atoms with Crippen LogP contribution in [0.3, 0.4) is 0 Å². The predicted octanol–water partition coefficient (Wildman–Crippen LogP) is 16.2. The van der Waals surface area contributed by atoms with E-state index < -0.39 is 0 Å². The smallest absolute Gasteiger partial charge is 0.0321 e. The second kappa shape index (κ2) is 21.4. The van der Waals surface area contributed by atoms with Gasteiger partial charge in [0.15, 0.2) is 0 Å². The SMILES string of the molecule is CC1CCC(CC2CCC(C)C(C)C2)CC1C.CC1CCC(CC2CCC(C)CC2)CC1.CCC.CCC1(C)CC(C)CC(C)(C)C1. The van der Waals surface area contributed by atoms with Crippen molar-refractivity contribution >= 4 is 0 Å². The largest absolute Gasteiger partial charge is 0.0656 e. The Morgan fingerprint density at radius 3 is 1.13 bits per heavy atom. The molecule has 5 aliphatic rings. The van der Waals surface area contributed by atoms with Crippen molar-refractivity contribution in [2.24, 2.45) is 75.9 Å². The normalized spacial score (nSPS) is 41.9. The first-order valence-corrected chi connectivity index (χ1v) is 22.1. The fraction of sp³-hybridized carbons (Fsp3) is 1.00. The topological polar surface area (TPSA) is 0 Å². The summed E-state index contributed by atoms with van der Waals surface area (Å²) in [7, 11) is 0. The highest BCUT2D eigenvalue weighted by Gasteiger charge is 2.38. The summed E-state index contributed by atoms with van der Waals surface area (Å²) in [6, 6.07) is 0. The third-order valence-electron chi connectivity index (χ3n) is 14.5. The van der Waals surface area contributed by atoms with Crippen LogP contribution in [0.2, 0.25) is 0 Å². The molecule has 5 saturated carbocycles. The summed E-state index contributed by atoms with van der Waals surface area (Å²) >= 11 is 0. The van der Waals surface area contributed by atoms with Crippen molar-refractivity contribution in [2.45, 2.75) is 225 Å². The molecule has 5 aliphatic carbocycles. The molecule has 8 atom stereocenters. The Morgan fingerprint density at radius 1 is 0.426 bits per heavy atom. The van der Waals surface area contributed by atoms with E-state index in [0.29, 0.717) is 10.8 Å². The fourth-order valence-corrected chi connectivity index (χ4v) is 11.2. The van der Waals surface area contributed by atoms with E-state index >= 15 is 0 Å². The van der Waals surface area contributed by atoms with E-state index in [1.807, 2.05) is 0 Å². The highest BCUT2D eigenvalue weighted by atomic mass is 14.4. The molecule has 0 nitrogen and oxygen atoms in total. The molecule has 0 heteroatoms. The maximum Gasteiger partial charge on any atom is -0.0321 e. The van der Waals surface area contributed by atoms with Gasteiger partial charge in [-0.15, -0.1) is 0 Å². The zero-order valence-corrected chi connectivity index (χ0v) is 35.2. The summed E-state index contributed by atoms with van der Waals surface area (Å²) in [6.45, 7) is 31.0. The summed E-state index contributed by atoms with van der Waals surface area (Å²) in [4.78, 5) is 0. The maximum absolute atomic E-state index is 2.47. The third-order valence-corrected chi connectivity index (χ3v) is 14.5. The average Bonchev–Trinajstić information content (AvgIpc) is 2.99. The van der Waals surface area contributed by atoms with Crippen LogP contribution in [0.1, 0.15) is 225 Å². The van der Waals surface area contributed by atoms with Gasteiger partial charge in [0.1, 0.15) is 0 Å². The summed E-state index contributed by atoms with van der Waals surface area (Å²) in [5.41, 5.74) is 1.21. The van der Waals surface area contributed by atoms with Crippen molar-refractivity contribution in [3.63, 3.8) is 0 Å². The Bertz CT molecular complexity index is 734. The van der Waals surface area contributed by atoms with Crippen LogP contribution >= 0.6 is 0 Å². The van der Waals surface area contributed by atoms with Crippen LogP contribution in [0.5, 0.6) is 0 Å². The molecule has 0 radical (unpaired) electrons. The molecule has 0 bridgehead atoms. The van der Waals surface area contributed by atoms with Crippen molar-refractivity contribution < 1.29 is 0 Å². The van der Waals surface area contributed by atoms with Gasteiger partial charge < -0.3 is 0 Å². The molecular formula is C47H92. The van der Waals surface area contributed by atoms with E-state index in [0.717, 1.165) is 65.1 Å². The lowest BCUT2D eigenvalue weighted by atomic mass is 9.60. The fourth-order valence-electron chi connectivity index (χ4n) is 11.2. The van der Waals surface area contributed by atoms with Gasteiger partial charge in [0, 0.05) is 0 Å². The van der Waals surface area contributed by atoms with E-state index in [1.54, 1.807) is 12.8 Å². The maximum atomic E-state index is 2.47. The van der Waals surface area contributed by atoms with E-state index in [1.165, 1.54) is 122 Å². The summed E-state index contributed by atoms with van der Waals surface area (Å²) < 4.78 is 0. The minimum atomic E-state index is 0.586. The molecule has 0 heterocycles. The molecule has 8 unspecified atom stereocenters. The van der Waals surface area contributed by atoms with Crippen LogP contribution in [0.15, 0.2) is 0 Å². The molecule has 0 aromatic carbocycles. The molecule has 0 amide bonds. The number of hydrogen-bond donors (Lipinski definition) is 0. The van der Waals surface area contributed by atoms with E-state index in [-0.39, 0.29) is 0 Å². The molecular weight excluding hydrogens is 565 g/mol. The monoisotopic (exact) mass is 657 g/mol. The van der Waals surface area contributed by atoms with Crippen LogP contribution in [0.25, 0.3) is 0 Å². The Hall–Kier alpha value is 0. The van der Waals surface area contributed by atoms with Crippen molar-refractivity contribution in [3.05, 3.63) is 0 Å². The molecule has 0 aromatic heterocycles. The average molecular weight is 657 g/mol. The van der Waals surface area contributed by atoms with Gasteiger partial charge in [-0.05, 0) is 121 Å². The van der Waals surface area contributed by atoms with Gasteiger partial charge >= 0.3 is 0 Å². The summed E-state index contributed by atoms with van der Waals surface area (Å²) in [5.74, 6) is 11.2. The van der Waals surface area contributed by atoms with E-state index in [2.05, 4.69) is 90.0 Å². The lowest BCUT2D eigenvalue weighted by Crippen LogP contribution is -2.34. The van der Waals surface area contributed by atoms with Crippen molar-refractivity contribution in [1.29, 1.82) is 0 Å². The molecule has 0 spiro atoms. The molecule has 47 heavy (non-hydrogen) atoms. The van der Waals surface area contributed by atoms with E-state index in [9.17, 15) is 0 Å². The van der Waals surface area contributed by atoms with Gasteiger partial charge in [-0.25, -0.2) is 0 Å². The third kappa shape index (κ3) is 16.7. The van der Waals surface area contributed by atoms with Crippen LogP contribution in [0, 0.1) is 75.9 Å². The molecule has 5 fully saturated rings. The molecule has 0 saturated heterocycles. The molecule has 0 aliphatic heterocycles. The minimum Gasteiger partial charge on any atom is -0.0656 e. The van der Waals surface area contributed by atoms with Crippen LogP contribution in [-0.4, -0.2) is 0 Å². The minimum absolute atomic E-state index is 0.586. The number of hydrogen-bond acceptors (Lipinski definition) is 0. The second-order valence-electron chi connectivity index (χ2n) is 20.7. The van der Waals surface area contributed by atoms with Gasteiger partial charge in [-0.1, -0.05) is 180 Å². The first-order valence-electron chi connectivity index (χ1n) is 22.1. The van der Waals surface area contributed by atoms with Crippen LogP contribution in [0.4, 0.5) is 0 Å². The van der Waals surface area contributed by atoms with Crippen molar-refractivity contribution in [1.82, 2.24) is 0 Å². The molecule has 280 valence electrons. The first-order chi connectivity index (χ1) is 22.1. The highest BCUT2D eigenvalue weighted by Crippen LogP contribution is 2.50. The van der Waals surface area contributed by atoms with Crippen molar-refractivity contribution in [2.75, 3.05) is 0 Å². The Balaban J connectivity index is 0.000000238. The zero-order valence-electron chi connectivity index (χ0n) is 35.2. The van der Waals surface area contributed by atoms with Crippen LogP contribution in [-0.2, 0) is 0 Å². The summed E-state index contributed by atoms with van der Waals surface area (Å²) in [5, 5.41) is 0. The quantitative estimate of drug-likeness (QED) is 0.276. The lowest BCUT2D eigenvalue weighted by molar-refractivity contribution is 0.0582. The predicted molar refractivity (Wildman–Crippen MR) is 214 cm³/mol. The number of rotatable bonds is 5. The first kappa shape index (κ1) is 43.2. The molecule has 0 N–H and O–H groups in total. The van der Waals surface area contributed by atoms with Crippen LogP contribution < -0.4 is 0 Å².